The Kier molecular flexibility index (Phi) is 27.7. The van der Waals surface area contributed by atoms with Gasteiger partial charge in [-0.2, -0.15) is 0 Å². The summed E-state index contributed by atoms with van der Waals surface area (Å²) < 4.78 is 16.4. The predicted octanol–water partition coefficient (Wildman–Crippen LogP) is 7.39. The van der Waals surface area contributed by atoms with Gasteiger partial charge in [-0.05, 0) is 46.3 Å². The van der Waals surface area contributed by atoms with Crippen molar-refractivity contribution in [3.63, 3.8) is 0 Å². The predicted molar refractivity (Wildman–Crippen MR) is 175 cm³/mol. The Balaban J connectivity index is 4.75. The van der Waals surface area contributed by atoms with Crippen LogP contribution in [-0.4, -0.2) is 91.7 Å². The monoisotopic (exact) mass is 630 g/mol. The zero-order valence-electron chi connectivity index (χ0n) is 28.0. The summed E-state index contributed by atoms with van der Waals surface area (Å²) in [4.78, 5) is 53.7. The topological polar surface area (TPSA) is 102 Å². The van der Waals surface area contributed by atoms with Crippen molar-refractivity contribution < 1.29 is 33.4 Å². The average molecular weight is 631 g/mol. The van der Waals surface area contributed by atoms with E-state index >= 15 is 0 Å². The largest absolute Gasteiger partial charge is 0.462 e. The molecule has 0 aliphatic carbocycles. The number of hydrogen-bond donors (Lipinski definition) is 0. The molecule has 252 valence electrons. The van der Waals surface area contributed by atoms with Gasteiger partial charge in [-0.15, -0.1) is 0 Å². The Morgan fingerprint density at radius 2 is 1.09 bits per heavy atom. The maximum Gasteiger partial charge on any atom is 0.307 e. The van der Waals surface area contributed by atoms with E-state index in [9.17, 15) is 19.2 Å². The molecule has 10 heteroatoms. The number of thioether (sulfide) groups is 1. The summed E-state index contributed by atoms with van der Waals surface area (Å²) >= 11 is 1.28. The second-order valence-corrected chi connectivity index (χ2v) is 12.6. The first kappa shape index (κ1) is 41.2. The Hall–Kier alpha value is -1.81. The second-order valence-electron chi connectivity index (χ2n) is 11.5. The van der Waals surface area contributed by atoms with Gasteiger partial charge in [0.2, 0.25) is 0 Å². The number of hydrogen-bond acceptors (Lipinski definition) is 9. The molecule has 0 spiro atoms. The molecule has 1 unspecified atom stereocenters. The molecule has 0 saturated heterocycles. The average Bonchev–Trinajstić information content (AvgIpc) is 2.98. The number of ether oxygens (including phenoxy) is 3. The minimum absolute atomic E-state index is 0.0350. The Morgan fingerprint density at radius 3 is 1.63 bits per heavy atom. The zero-order valence-corrected chi connectivity index (χ0v) is 28.8. The van der Waals surface area contributed by atoms with Crippen molar-refractivity contribution in [1.29, 1.82) is 0 Å². The molecular formula is C33H62N2O7S. The molecule has 1 amide bonds. The van der Waals surface area contributed by atoms with Crippen LogP contribution < -0.4 is 0 Å². The van der Waals surface area contributed by atoms with E-state index in [-0.39, 0.29) is 49.8 Å². The molecule has 0 N–H and O–H groups in total. The van der Waals surface area contributed by atoms with E-state index in [1.54, 1.807) is 4.90 Å². The Bertz CT molecular complexity index is 736. The highest BCUT2D eigenvalue weighted by molar-refractivity contribution is 8.13. The lowest BCUT2D eigenvalue weighted by atomic mass is 10.1. The van der Waals surface area contributed by atoms with Gasteiger partial charge in [0.05, 0.1) is 6.42 Å². The smallest absolute Gasteiger partial charge is 0.307 e. The molecule has 9 nitrogen and oxygen atoms in total. The van der Waals surface area contributed by atoms with E-state index < -0.39 is 12.1 Å². The molecule has 0 bridgehead atoms. The van der Waals surface area contributed by atoms with Gasteiger partial charge in [0, 0.05) is 31.7 Å². The summed E-state index contributed by atoms with van der Waals surface area (Å²) in [6.45, 7) is 7.75. The molecule has 43 heavy (non-hydrogen) atoms. The molecule has 0 aromatic rings. The first-order valence-corrected chi connectivity index (χ1v) is 17.8. The molecule has 0 aliphatic rings. The molecule has 0 saturated carbocycles. The third-order valence-electron chi connectivity index (χ3n) is 6.94. The van der Waals surface area contributed by atoms with E-state index in [0.717, 1.165) is 70.1 Å². The number of rotatable bonds is 28. The molecule has 0 fully saturated rings. The van der Waals surface area contributed by atoms with Crippen LogP contribution in [0.15, 0.2) is 0 Å². The fourth-order valence-electron chi connectivity index (χ4n) is 4.40. The third-order valence-corrected chi connectivity index (χ3v) is 7.94. The lowest BCUT2D eigenvalue weighted by Gasteiger charge is -2.22. The van der Waals surface area contributed by atoms with E-state index in [1.165, 1.54) is 43.9 Å². The molecule has 0 rings (SSSR count). The highest BCUT2D eigenvalue weighted by Gasteiger charge is 2.21. The molecule has 0 aromatic carbocycles. The van der Waals surface area contributed by atoms with Crippen molar-refractivity contribution in [3.8, 4) is 0 Å². The lowest BCUT2D eigenvalue weighted by Crippen LogP contribution is -2.33. The van der Waals surface area contributed by atoms with E-state index in [2.05, 4.69) is 18.7 Å². The van der Waals surface area contributed by atoms with Crippen LogP contribution in [0.3, 0.4) is 0 Å². The van der Waals surface area contributed by atoms with Gasteiger partial charge in [-0.3, -0.25) is 19.2 Å². The summed E-state index contributed by atoms with van der Waals surface area (Å²) in [5.41, 5.74) is 0. The molecular weight excluding hydrogens is 568 g/mol. The van der Waals surface area contributed by atoms with Crippen LogP contribution in [0, 0.1) is 0 Å². The number of carbonyl (C=O) groups excluding carboxylic acids is 4. The van der Waals surface area contributed by atoms with Crippen molar-refractivity contribution in [2.45, 2.75) is 136 Å². The number of nitrogens with zero attached hydrogens (tertiary/aromatic N) is 2. The van der Waals surface area contributed by atoms with Gasteiger partial charge in [0.15, 0.2) is 6.10 Å². The summed E-state index contributed by atoms with van der Waals surface area (Å²) in [6.07, 6.45) is 14.2. The SMILES string of the molecule is CCCCCCCCC(=O)OCC(COC(=O)CCN(CCC)C(=O)SCCCN(C)C)OC(=O)CCCCCCCC. The first-order chi connectivity index (χ1) is 20.7. The van der Waals surface area contributed by atoms with E-state index in [0.29, 0.717) is 13.0 Å². The van der Waals surface area contributed by atoms with Crippen LogP contribution in [-0.2, 0) is 28.6 Å². The molecule has 0 aromatic heterocycles. The van der Waals surface area contributed by atoms with Gasteiger partial charge in [-0.25, -0.2) is 0 Å². The fraction of sp³-hybridized carbons (Fsp3) is 0.879. The van der Waals surface area contributed by atoms with Crippen molar-refractivity contribution in [2.24, 2.45) is 0 Å². The molecule has 0 heterocycles. The first-order valence-electron chi connectivity index (χ1n) is 16.8. The van der Waals surface area contributed by atoms with Crippen molar-refractivity contribution >= 4 is 34.9 Å². The number of esters is 3. The van der Waals surface area contributed by atoms with Crippen LogP contribution in [0.5, 0.6) is 0 Å². The quantitative estimate of drug-likeness (QED) is 0.0497. The van der Waals surface area contributed by atoms with Crippen LogP contribution in [0.2, 0.25) is 0 Å². The van der Waals surface area contributed by atoms with E-state index in [1.807, 2.05) is 21.0 Å². The van der Waals surface area contributed by atoms with Crippen LogP contribution >= 0.6 is 11.8 Å². The lowest BCUT2D eigenvalue weighted by molar-refractivity contribution is -0.167. The normalized spacial score (nSPS) is 11.8. The van der Waals surface area contributed by atoms with Gasteiger partial charge in [-0.1, -0.05) is 96.7 Å². The van der Waals surface area contributed by atoms with Crippen molar-refractivity contribution in [1.82, 2.24) is 9.80 Å². The minimum atomic E-state index is -0.856. The third kappa shape index (κ3) is 26.3. The molecule has 0 aliphatic heterocycles. The highest BCUT2D eigenvalue weighted by atomic mass is 32.2. The molecule has 0 radical (unpaired) electrons. The summed E-state index contributed by atoms with van der Waals surface area (Å²) in [7, 11) is 4.01. The van der Waals surface area contributed by atoms with Gasteiger partial charge in [0.25, 0.3) is 5.24 Å². The standard InChI is InChI=1S/C33H62N2O7S/c1-6-9-11-13-15-17-20-30(36)40-27-29(42-32(38)21-18-16-14-12-10-7-2)28-41-31(37)22-25-35(23-8-3)33(39)43-26-19-24-34(4)5/h29H,6-28H2,1-5H3. The summed E-state index contributed by atoms with van der Waals surface area (Å²) in [6, 6.07) is 0. The van der Waals surface area contributed by atoms with Gasteiger partial charge >= 0.3 is 17.9 Å². The molecule has 1 atom stereocenters. The number of unbranched alkanes of at least 4 members (excludes halogenated alkanes) is 10. The Labute approximate surface area is 266 Å². The van der Waals surface area contributed by atoms with Crippen LogP contribution in [0.4, 0.5) is 4.79 Å². The van der Waals surface area contributed by atoms with E-state index in [4.69, 9.17) is 14.2 Å². The van der Waals surface area contributed by atoms with Crippen LogP contribution in [0.25, 0.3) is 0 Å². The Morgan fingerprint density at radius 1 is 0.581 bits per heavy atom. The highest BCUT2D eigenvalue weighted by Crippen LogP contribution is 2.13. The van der Waals surface area contributed by atoms with Crippen LogP contribution in [0.1, 0.15) is 130 Å². The maximum absolute atomic E-state index is 12.6. The van der Waals surface area contributed by atoms with Gasteiger partial charge in [0.1, 0.15) is 13.2 Å². The maximum atomic E-state index is 12.6. The minimum Gasteiger partial charge on any atom is -0.462 e. The summed E-state index contributed by atoms with van der Waals surface area (Å²) in [5, 5.41) is -0.0350. The number of amides is 1. The van der Waals surface area contributed by atoms with Gasteiger partial charge < -0.3 is 24.0 Å². The summed E-state index contributed by atoms with van der Waals surface area (Å²) in [5.74, 6) is -0.475. The van der Waals surface area contributed by atoms with Crippen molar-refractivity contribution in [2.75, 3.05) is 52.7 Å². The fourth-order valence-corrected chi connectivity index (χ4v) is 5.21. The van der Waals surface area contributed by atoms with Crippen molar-refractivity contribution in [3.05, 3.63) is 0 Å². The second kappa shape index (κ2) is 28.9. The zero-order chi connectivity index (χ0) is 32.1. The number of carbonyl (C=O) groups is 4.